The van der Waals surface area contributed by atoms with Gasteiger partial charge in [-0.1, -0.05) is 55.7 Å². The zero-order valence-electron chi connectivity index (χ0n) is 31.2. The number of ether oxygens (including phenoxy) is 3. The number of rotatable bonds is 3. The van der Waals surface area contributed by atoms with Crippen LogP contribution >= 0.6 is 11.6 Å². The van der Waals surface area contributed by atoms with E-state index in [0.29, 0.717) is 19.3 Å². The van der Waals surface area contributed by atoms with Gasteiger partial charge < -0.3 is 29.7 Å². The number of alkyl halides is 3. The number of aromatic nitrogens is 1. The smallest absolute Gasteiger partial charge is 0.437 e. The van der Waals surface area contributed by atoms with E-state index in [2.05, 4.69) is 15.6 Å². The van der Waals surface area contributed by atoms with Crippen LogP contribution in [0.15, 0.2) is 30.4 Å². The van der Waals surface area contributed by atoms with E-state index in [4.69, 9.17) is 25.8 Å². The average molecular weight is 779 g/mol. The Morgan fingerprint density at radius 1 is 1.15 bits per heavy atom. The Hall–Kier alpha value is -4.40. The van der Waals surface area contributed by atoms with E-state index in [9.17, 15) is 37.1 Å². The van der Waals surface area contributed by atoms with E-state index in [1.807, 2.05) is 6.08 Å². The number of hydrogen-bond acceptors (Lipinski definition) is 9. The van der Waals surface area contributed by atoms with Crippen molar-refractivity contribution in [3.63, 3.8) is 0 Å². The van der Waals surface area contributed by atoms with Crippen molar-refractivity contribution in [1.29, 1.82) is 0 Å². The summed E-state index contributed by atoms with van der Waals surface area (Å²) < 4.78 is 60.9. The summed E-state index contributed by atoms with van der Waals surface area (Å²) in [5.41, 5.74) is -6.45. The van der Waals surface area contributed by atoms with Crippen molar-refractivity contribution in [2.45, 2.75) is 121 Å². The molecule has 0 saturated carbocycles. The third-order valence-electron chi connectivity index (χ3n) is 10.0. The lowest BCUT2D eigenvalue weighted by atomic mass is 9.84. The first-order valence-corrected chi connectivity index (χ1v) is 18.4. The highest BCUT2D eigenvalue weighted by Crippen LogP contribution is 2.49. The summed E-state index contributed by atoms with van der Waals surface area (Å²) in [7, 11) is 0. The third kappa shape index (κ3) is 8.45. The zero-order valence-corrected chi connectivity index (χ0v) is 31.9. The van der Waals surface area contributed by atoms with E-state index in [-0.39, 0.29) is 34.5 Å². The molecule has 3 aliphatic rings. The van der Waals surface area contributed by atoms with E-state index < -0.39 is 101 Å². The third-order valence-corrected chi connectivity index (χ3v) is 10.3. The molecule has 5 atom stereocenters. The van der Waals surface area contributed by atoms with E-state index in [1.54, 1.807) is 40.7 Å². The van der Waals surface area contributed by atoms with E-state index >= 15 is 0 Å². The fourth-order valence-electron chi connectivity index (χ4n) is 7.21. The number of para-hydroxylation sites is 1. The Morgan fingerprint density at radius 2 is 1.87 bits per heavy atom. The van der Waals surface area contributed by atoms with Gasteiger partial charge in [0.05, 0.1) is 35.7 Å². The first kappa shape index (κ1) is 40.8. The second-order valence-corrected chi connectivity index (χ2v) is 15.7. The second-order valence-electron chi connectivity index (χ2n) is 15.3. The van der Waals surface area contributed by atoms with Crippen LogP contribution in [0, 0.1) is 5.92 Å². The number of halogens is 4. The van der Waals surface area contributed by atoms with Gasteiger partial charge in [-0.3, -0.25) is 14.4 Å². The van der Waals surface area contributed by atoms with Crippen LogP contribution in [0.4, 0.5) is 18.0 Å². The van der Waals surface area contributed by atoms with Crippen molar-refractivity contribution in [1.82, 2.24) is 20.5 Å². The minimum Gasteiger partial charge on any atom is -0.482 e. The molecule has 294 valence electrons. The number of Topliss-reactive ketones (excluding diaryl/α,β-unsaturated/α-hetero) is 1. The van der Waals surface area contributed by atoms with Crippen molar-refractivity contribution in [2.75, 3.05) is 13.2 Å². The summed E-state index contributed by atoms with van der Waals surface area (Å²) in [6.07, 6.45) is -0.535. The molecule has 2 aromatic rings. The fraction of sp³-hybridized carbons (Fsp3) is 0.579. The largest absolute Gasteiger partial charge is 0.482 e. The number of amides is 3. The monoisotopic (exact) mass is 778 g/mol. The van der Waals surface area contributed by atoms with Gasteiger partial charge in [0, 0.05) is 17.7 Å². The highest BCUT2D eigenvalue weighted by Gasteiger charge is 2.57. The van der Waals surface area contributed by atoms with Crippen molar-refractivity contribution in [3.8, 4) is 5.75 Å². The number of allylic oxidation sites excluding steroid dienone is 1. The maximum atomic E-state index is 14.7. The van der Waals surface area contributed by atoms with Crippen LogP contribution in [0.1, 0.15) is 103 Å². The van der Waals surface area contributed by atoms with Gasteiger partial charge in [0.15, 0.2) is 17.2 Å². The summed E-state index contributed by atoms with van der Waals surface area (Å²) in [4.78, 5) is 74.5. The maximum absolute atomic E-state index is 14.7. The number of esters is 1. The van der Waals surface area contributed by atoms with Crippen LogP contribution in [0.3, 0.4) is 0 Å². The van der Waals surface area contributed by atoms with Gasteiger partial charge in [0.1, 0.15) is 28.8 Å². The van der Waals surface area contributed by atoms with Crippen molar-refractivity contribution in [3.05, 3.63) is 46.6 Å². The Bertz CT molecular complexity index is 1860. The molecule has 16 heteroatoms. The van der Waals surface area contributed by atoms with Gasteiger partial charge in [-0.25, -0.2) is 14.6 Å². The van der Waals surface area contributed by atoms with Gasteiger partial charge in [-0.05, 0) is 59.9 Å². The number of nitrogens with zero attached hydrogens (tertiary/aromatic N) is 2. The minimum absolute atomic E-state index is 0.0146. The fourth-order valence-corrected chi connectivity index (χ4v) is 7.43. The van der Waals surface area contributed by atoms with Crippen molar-refractivity contribution >= 4 is 52.2 Å². The maximum Gasteiger partial charge on any atom is 0.437 e. The molecule has 2 N–H and O–H groups in total. The molecule has 1 aromatic carbocycles. The first-order valence-electron chi connectivity index (χ1n) is 18.1. The van der Waals surface area contributed by atoms with Crippen LogP contribution in [-0.4, -0.2) is 81.5 Å². The van der Waals surface area contributed by atoms with Crippen LogP contribution < -0.4 is 15.4 Å². The molecule has 1 aromatic heterocycles. The van der Waals surface area contributed by atoms with E-state index in [0.717, 1.165) is 11.3 Å². The Kier molecular flexibility index (Phi) is 11.6. The number of fused-ring (bicyclic) bond motifs is 4. The molecule has 0 aliphatic carbocycles. The van der Waals surface area contributed by atoms with Gasteiger partial charge in [0.2, 0.25) is 11.8 Å². The van der Waals surface area contributed by atoms with Crippen LogP contribution in [-0.2, 0) is 30.0 Å². The molecule has 12 nitrogen and oxygen atoms in total. The molecule has 0 unspecified atom stereocenters. The molecule has 3 amide bonds. The average Bonchev–Trinajstić information content (AvgIpc) is 3.42. The first-order chi connectivity index (χ1) is 25.2. The minimum atomic E-state index is -5.08. The molecule has 3 aliphatic heterocycles. The number of ketones is 1. The number of alkyl carbamates (subject to hydrolysis) is 1. The molecule has 1 fully saturated rings. The highest BCUT2D eigenvalue weighted by atomic mass is 35.5. The molecule has 1 saturated heterocycles. The quantitative estimate of drug-likeness (QED) is 0.256. The predicted molar refractivity (Wildman–Crippen MR) is 192 cm³/mol. The number of hydrogen-bond donors (Lipinski definition) is 2. The lowest BCUT2D eigenvalue weighted by molar-refractivity contribution is -0.155. The molecule has 5 rings (SSSR count). The zero-order chi connectivity index (χ0) is 39.8. The Balaban J connectivity index is 1.63. The van der Waals surface area contributed by atoms with Crippen LogP contribution in [0.5, 0.6) is 5.75 Å². The summed E-state index contributed by atoms with van der Waals surface area (Å²) in [5.74, 6) is -4.46. The Morgan fingerprint density at radius 3 is 2.54 bits per heavy atom. The predicted octanol–water partition coefficient (Wildman–Crippen LogP) is 6.70. The number of pyridine rings is 1. The van der Waals surface area contributed by atoms with Crippen molar-refractivity contribution < 1.29 is 51.4 Å². The van der Waals surface area contributed by atoms with Crippen LogP contribution in [0.2, 0.25) is 5.02 Å². The number of carbonyl (C=O) groups is 5. The molecule has 0 radical (unpaired) electrons. The highest BCUT2D eigenvalue weighted by molar-refractivity contribution is 6.35. The Labute approximate surface area is 316 Å². The molecule has 54 heavy (non-hydrogen) atoms. The molecular formula is C38H46ClF3N4O8. The molecular weight excluding hydrogens is 733 g/mol. The van der Waals surface area contributed by atoms with Gasteiger partial charge in [-0.15, -0.1) is 0 Å². The summed E-state index contributed by atoms with van der Waals surface area (Å²) in [5, 5.41) is 5.36. The van der Waals surface area contributed by atoms with E-state index in [1.165, 1.54) is 25.1 Å². The SMILES string of the molecule is CCOC(=O)[C@]1(C)NC(=O)[C@@H]2C[C@]3(CC(=O)c4c(c(C(F)(F)F)nc5c(Cl)cccc45)O3)CN2C(=O)[C@@H](NC(=O)OC(C)(C)C)CCCCC/C=C\[C@@H]1C. The van der Waals surface area contributed by atoms with Crippen molar-refractivity contribution in [2.24, 2.45) is 5.92 Å². The normalized spacial score (nSPS) is 27.6. The summed E-state index contributed by atoms with van der Waals surface area (Å²) in [6.45, 7) is 9.31. The van der Waals surface area contributed by atoms with Crippen LogP contribution in [0.25, 0.3) is 10.9 Å². The topological polar surface area (TPSA) is 153 Å². The number of benzene rings is 1. The second kappa shape index (κ2) is 15.4. The van der Waals surface area contributed by atoms with Gasteiger partial charge in [0.25, 0.3) is 0 Å². The molecule has 1 spiro atoms. The standard InChI is InChI=1S/C38H46ClF3N4O8/c1-7-52-33(50)36(6)21(2)14-11-9-8-10-12-17-24(43-34(51)54-35(3,4)5)32(49)46-20-37(18-25(46)31(48)45-36)19-26(47)27-22-15-13-16-23(39)28(22)44-30(29(27)53-37)38(40,41)42/h11,13-16,21,24-25H,7-10,12,17-20H2,1-6H3,(H,43,51)(H,45,48)/b14-11-/t21-,24-,25-,36+,37-/m0/s1. The summed E-state index contributed by atoms with van der Waals surface area (Å²) >= 11 is 6.23. The van der Waals surface area contributed by atoms with Gasteiger partial charge in [-0.2, -0.15) is 13.2 Å². The molecule has 4 heterocycles. The number of carbonyl (C=O) groups excluding carboxylic acids is 5. The lowest BCUT2D eigenvalue weighted by Crippen LogP contribution is -2.61. The summed E-state index contributed by atoms with van der Waals surface area (Å²) in [6, 6.07) is 1.57. The van der Waals surface area contributed by atoms with Gasteiger partial charge >= 0.3 is 18.2 Å². The molecule has 0 bridgehead atoms. The number of nitrogens with one attached hydrogen (secondary N) is 2. The lowest BCUT2D eigenvalue weighted by Gasteiger charge is -2.36.